The average molecular weight is 356 g/mol. The molecule has 1 aromatic carbocycles. The molecule has 2 heterocycles. The predicted molar refractivity (Wildman–Crippen MR) is 98.8 cm³/mol. The van der Waals surface area contributed by atoms with Crippen LogP contribution < -0.4 is 10.6 Å². The second-order valence-corrected chi connectivity index (χ2v) is 5.83. The first-order valence-corrected chi connectivity index (χ1v) is 8.38. The Morgan fingerprint density at radius 2 is 1.96 bits per heavy atom. The molecule has 2 N–H and O–H groups in total. The summed E-state index contributed by atoms with van der Waals surface area (Å²) in [5.74, 6) is 0.615. The maximum Gasteiger partial charge on any atom is 0.287 e. The number of nitrogens with zero attached hydrogens (tertiary/aromatic N) is 1. The number of amides is 1. The number of anilines is 1. The van der Waals surface area contributed by atoms with E-state index in [9.17, 15) is 4.79 Å². The maximum absolute atomic E-state index is 12.1. The summed E-state index contributed by atoms with van der Waals surface area (Å²) >= 11 is 6.14. The fourth-order valence-electron chi connectivity index (χ4n) is 2.34. The van der Waals surface area contributed by atoms with Crippen LogP contribution in [0.3, 0.4) is 0 Å². The van der Waals surface area contributed by atoms with Crippen LogP contribution in [-0.4, -0.2) is 24.0 Å². The molecule has 1 amide bonds. The number of carbonyl (C=O) groups excluding carboxylic acids is 1. The minimum atomic E-state index is -0.236. The van der Waals surface area contributed by atoms with Crippen LogP contribution in [0.4, 0.5) is 5.69 Å². The van der Waals surface area contributed by atoms with Crippen LogP contribution in [0.15, 0.2) is 65.3 Å². The average Bonchev–Trinajstić information content (AvgIpc) is 3.12. The molecule has 0 atom stereocenters. The Bertz CT molecular complexity index is 833. The van der Waals surface area contributed by atoms with Gasteiger partial charge >= 0.3 is 0 Å². The number of halogens is 1. The van der Waals surface area contributed by atoms with Gasteiger partial charge in [-0.15, -0.1) is 0 Å². The first kappa shape index (κ1) is 17.0. The molecule has 3 rings (SSSR count). The molecule has 2 aromatic heterocycles. The molecule has 0 aliphatic heterocycles. The molecule has 0 radical (unpaired) electrons. The molecule has 128 valence electrons. The van der Waals surface area contributed by atoms with E-state index in [1.165, 1.54) is 0 Å². The lowest BCUT2D eigenvalue weighted by atomic mass is 10.2. The van der Waals surface area contributed by atoms with Gasteiger partial charge < -0.3 is 15.1 Å². The molecule has 0 unspecified atom stereocenters. The third kappa shape index (κ3) is 4.61. The van der Waals surface area contributed by atoms with E-state index >= 15 is 0 Å². The monoisotopic (exact) mass is 355 g/mol. The summed E-state index contributed by atoms with van der Waals surface area (Å²) in [5.41, 5.74) is 1.73. The zero-order valence-electron chi connectivity index (χ0n) is 13.5. The molecular weight excluding hydrogens is 338 g/mol. The van der Waals surface area contributed by atoms with Crippen molar-refractivity contribution in [2.75, 3.05) is 18.4 Å². The molecule has 0 aliphatic carbocycles. The first-order valence-electron chi connectivity index (χ1n) is 8.01. The van der Waals surface area contributed by atoms with Gasteiger partial charge in [0.25, 0.3) is 5.91 Å². The minimum absolute atomic E-state index is 0.236. The summed E-state index contributed by atoms with van der Waals surface area (Å²) in [6, 6.07) is 14.6. The van der Waals surface area contributed by atoms with Gasteiger partial charge in [-0.2, -0.15) is 0 Å². The van der Waals surface area contributed by atoms with Crippen LogP contribution >= 0.6 is 11.6 Å². The Hall–Kier alpha value is -2.79. The van der Waals surface area contributed by atoms with E-state index in [1.54, 1.807) is 30.6 Å². The molecule has 0 bridgehead atoms. The topological polar surface area (TPSA) is 67.2 Å². The summed E-state index contributed by atoms with van der Waals surface area (Å²) < 4.78 is 5.62. The lowest BCUT2D eigenvalue weighted by molar-refractivity contribution is 0.0926. The van der Waals surface area contributed by atoms with Gasteiger partial charge in [0, 0.05) is 31.0 Å². The van der Waals surface area contributed by atoms with E-state index < -0.39 is 0 Å². The highest BCUT2D eigenvalue weighted by atomic mass is 35.5. The van der Waals surface area contributed by atoms with Crippen molar-refractivity contribution in [3.63, 3.8) is 0 Å². The number of pyridine rings is 1. The zero-order chi connectivity index (χ0) is 17.5. The van der Waals surface area contributed by atoms with Gasteiger partial charge in [-0.3, -0.25) is 9.78 Å². The fraction of sp³-hybridized carbons (Fsp3) is 0.158. The molecule has 0 aliphatic rings. The largest absolute Gasteiger partial charge is 0.451 e. The highest BCUT2D eigenvalue weighted by Crippen LogP contribution is 2.28. The molecule has 25 heavy (non-hydrogen) atoms. The third-order valence-electron chi connectivity index (χ3n) is 3.60. The van der Waals surface area contributed by atoms with Crippen molar-refractivity contribution in [3.05, 3.63) is 71.7 Å². The van der Waals surface area contributed by atoms with Crippen molar-refractivity contribution in [1.29, 1.82) is 0 Å². The molecule has 0 spiro atoms. The normalized spacial score (nSPS) is 10.4. The standard InChI is InChI=1S/C19H18ClN3O2/c20-16-7-2-1-6-15(16)17-8-9-18(25-17)19(24)23-12-4-11-22-14-5-3-10-21-13-14/h1-3,5-10,13,22H,4,11-12H2,(H,23,24). The Kier molecular flexibility index (Phi) is 5.69. The predicted octanol–water partition coefficient (Wildman–Crippen LogP) is 4.23. The van der Waals surface area contributed by atoms with E-state index in [4.69, 9.17) is 16.0 Å². The number of nitrogens with one attached hydrogen (secondary N) is 2. The van der Waals surface area contributed by atoms with Gasteiger partial charge in [-0.05, 0) is 42.8 Å². The number of aromatic nitrogens is 1. The molecule has 0 fully saturated rings. The van der Waals surface area contributed by atoms with Crippen molar-refractivity contribution in [2.24, 2.45) is 0 Å². The summed E-state index contributed by atoms with van der Waals surface area (Å²) in [7, 11) is 0. The Balaban J connectivity index is 1.47. The van der Waals surface area contributed by atoms with Gasteiger partial charge in [0.05, 0.1) is 10.7 Å². The third-order valence-corrected chi connectivity index (χ3v) is 3.93. The van der Waals surface area contributed by atoms with Crippen molar-refractivity contribution >= 4 is 23.2 Å². The molecule has 0 saturated carbocycles. The van der Waals surface area contributed by atoms with Crippen LogP contribution in [0, 0.1) is 0 Å². The van der Waals surface area contributed by atoms with Crippen LogP contribution in [0.25, 0.3) is 11.3 Å². The maximum atomic E-state index is 12.1. The lowest BCUT2D eigenvalue weighted by Gasteiger charge is -2.06. The minimum Gasteiger partial charge on any atom is -0.451 e. The molecule has 5 nitrogen and oxygen atoms in total. The first-order chi connectivity index (χ1) is 12.2. The molecule has 0 saturated heterocycles. The lowest BCUT2D eigenvalue weighted by Crippen LogP contribution is -2.25. The van der Waals surface area contributed by atoms with Gasteiger partial charge in [-0.1, -0.05) is 23.7 Å². The van der Waals surface area contributed by atoms with Gasteiger partial charge in [0.2, 0.25) is 0 Å². The van der Waals surface area contributed by atoms with Gasteiger partial charge in [0.15, 0.2) is 5.76 Å². The van der Waals surface area contributed by atoms with Crippen molar-refractivity contribution < 1.29 is 9.21 Å². The molecule has 3 aromatic rings. The number of carbonyl (C=O) groups is 1. The zero-order valence-corrected chi connectivity index (χ0v) is 14.3. The fourth-order valence-corrected chi connectivity index (χ4v) is 2.57. The number of benzene rings is 1. The van der Waals surface area contributed by atoms with Crippen LogP contribution in [0.1, 0.15) is 17.0 Å². The highest BCUT2D eigenvalue weighted by Gasteiger charge is 2.13. The van der Waals surface area contributed by atoms with Crippen LogP contribution in [-0.2, 0) is 0 Å². The molecular formula is C19H18ClN3O2. The summed E-state index contributed by atoms with van der Waals surface area (Å²) in [6.07, 6.45) is 4.28. The van der Waals surface area contributed by atoms with E-state index in [2.05, 4.69) is 15.6 Å². The quantitative estimate of drug-likeness (QED) is 0.622. The summed E-state index contributed by atoms with van der Waals surface area (Å²) in [4.78, 5) is 16.2. The van der Waals surface area contributed by atoms with Crippen molar-refractivity contribution in [1.82, 2.24) is 10.3 Å². The highest BCUT2D eigenvalue weighted by molar-refractivity contribution is 6.33. The van der Waals surface area contributed by atoms with Crippen molar-refractivity contribution in [2.45, 2.75) is 6.42 Å². The second kappa shape index (κ2) is 8.35. The van der Waals surface area contributed by atoms with E-state index in [0.29, 0.717) is 17.3 Å². The summed E-state index contributed by atoms with van der Waals surface area (Å²) in [5, 5.41) is 6.67. The van der Waals surface area contributed by atoms with E-state index in [0.717, 1.165) is 24.2 Å². The number of hydrogen-bond donors (Lipinski definition) is 2. The number of hydrogen-bond acceptors (Lipinski definition) is 4. The summed E-state index contributed by atoms with van der Waals surface area (Å²) in [6.45, 7) is 1.29. The second-order valence-electron chi connectivity index (χ2n) is 5.42. The van der Waals surface area contributed by atoms with Gasteiger partial charge in [-0.25, -0.2) is 0 Å². The van der Waals surface area contributed by atoms with Crippen LogP contribution in [0.2, 0.25) is 5.02 Å². The number of rotatable bonds is 7. The Morgan fingerprint density at radius 1 is 1.08 bits per heavy atom. The SMILES string of the molecule is O=C(NCCCNc1cccnc1)c1ccc(-c2ccccc2Cl)o1. The van der Waals surface area contributed by atoms with Crippen molar-refractivity contribution in [3.8, 4) is 11.3 Å². The van der Waals surface area contributed by atoms with E-state index in [1.807, 2.05) is 30.3 Å². The Labute approximate surface area is 151 Å². The van der Waals surface area contributed by atoms with Crippen LogP contribution in [0.5, 0.6) is 0 Å². The van der Waals surface area contributed by atoms with E-state index in [-0.39, 0.29) is 11.7 Å². The molecule has 6 heteroatoms. The number of furan rings is 1. The van der Waals surface area contributed by atoms with Gasteiger partial charge in [0.1, 0.15) is 5.76 Å². The Morgan fingerprint density at radius 3 is 2.76 bits per heavy atom. The smallest absolute Gasteiger partial charge is 0.287 e.